The molecule has 21 heavy (non-hydrogen) atoms. The van der Waals surface area contributed by atoms with Crippen LogP contribution in [0.5, 0.6) is 0 Å². The molecule has 0 spiro atoms. The average Bonchev–Trinajstić information content (AvgIpc) is 2.90. The number of hydrogen-bond acceptors (Lipinski definition) is 4. The molecule has 0 aliphatic carbocycles. The molecule has 0 saturated heterocycles. The Bertz CT molecular complexity index is 612. The molecule has 1 heterocycles. The van der Waals surface area contributed by atoms with Crippen LogP contribution in [-0.4, -0.2) is 17.1 Å². The van der Waals surface area contributed by atoms with Gasteiger partial charge in [0.15, 0.2) is 5.13 Å². The van der Waals surface area contributed by atoms with Crippen LogP contribution in [0, 0.1) is 0 Å². The predicted molar refractivity (Wildman–Crippen MR) is 90.4 cm³/mol. The smallest absolute Gasteiger partial charge is 0.186 e. The Morgan fingerprint density at radius 1 is 1.29 bits per heavy atom. The molecule has 0 saturated carbocycles. The van der Waals surface area contributed by atoms with Gasteiger partial charge in [-0.25, -0.2) is 4.98 Å². The van der Waals surface area contributed by atoms with Crippen LogP contribution in [0.2, 0.25) is 5.02 Å². The predicted octanol–water partition coefficient (Wildman–Crippen LogP) is 4.61. The SMILES string of the molecule is CC(C)c1nc(N(C)C(C)c2ccccc2Cl)sc1CO. The fourth-order valence-corrected chi connectivity index (χ4v) is 3.66. The number of hydrogen-bond donors (Lipinski definition) is 1. The van der Waals surface area contributed by atoms with Gasteiger partial charge in [0.2, 0.25) is 0 Å². The quantitative estimate of drug-likeness (QED) is 0.872. The van der Waals surface area contributed by atoms with Gasteiger partial charge in [-0.15, -0.1) is 0 Å². The van der Waals surface area contributed by atoms with E-state index in [0.29, 0.717) is 5.92 Å². The van der Waals surface area contributed by atoms with Crippen molar-refractivity contribution in [2.45, 2.75) is 39.3 Å². The second kappa shape index (κ2) is 6.77. The van der Waals surface area contributed by atoms with E-state index in [1.807, 2.05) is 31.3 Å². The maximum Gasteiger partial charge on any atom is 0.186 e. The molecule has 1 N–H and O–H groups in total. The molecule has 3 nitrogen and oxygen atoms in total. The molecule has 0 aliphatic heterocycles. The van der Waals surface area contributed by atoms with Gasteiger partial charge in [-0.05, 0) is 24.5 Å². The number of aromatic nitrogens is 1. The Balaban J connectivity index is 2.31. The van der Waals surface area contributed by atoms with Gasteiger partial charge < -0.3 is 10.0 Å². The van der Waals surface area contributed by atoms with Gasteiger partial charge in [-0.1, -0.05) is 55.0 Å². The highest BCUT2D eigenvalue weighted by Gasteiger charge is 2.20. The van der Waals surface area contributed by atoms with Crippen molar-refractivity contribution in [2.75, 3.05) is 11.9 Å². The summed E-state index contributed by atoms with van der Waals surface area (Å²) in [5.74, 6) is 0.307. The Morgan fingerprint density at radius 3 is 2.48 bits per heavy atom. The monoisotopic (exact) mass is 324 g/mol. The number of benzene rings is 1. The first kappa shape index (κ1) is 16.3. The van der Waals surface area contributed by atoms with Gasteiger partial charge in [0.1, 0.15) is 0 Å². The number of thiazole rings is 1. The van der Waals surface area contributed by atoms with Gasteiger partial charge >= 0.3 is 0 Å². The number of anilines is 1. The Labute approximate surface area is 135 Å². The highest BCUT2D eigenvalue weighted by atomic mass is 35.5. The Kier molecular flexibility index (Phi) is 5.25. The number of aliphatic hydroxyl groups is 1. The lowest BCUT2D eigenvalue weighted by atomic mass is 10.1. The van der Waals surface area contributed by atoms with Gasteiger partial charge in [0.05, 0.1) is 23.2 Å². The van der Waals surface area contributed by atoms with E-state index in [9.17, 15) is 5.11 Å². The van der Waals surface area contributed by atoms with E-state index in [1.165, 1.54) is 0 Å². The van der Waals surface area contributed by atoms with Crippen molar-refractivity contribution < 1.29 is 5.11 Å². The van der Waals surface area contributed by atoms with Crippen LogP contribution in [0.3, 0.4) is 0 Å². The van der Waals surface area contributed by atoms with E-state index < -0.39 is 0 Å². The zero-order chi connectivity index (χ0) is 15.6. The van der Waals surface area contributed by atoms with Crippen LogP contribution in [0.25, 0.3) is 0 Å². The van der Waals surface area contributed by atoms with Gasteiger partial charge in [0.25, 0.3) is 0 Å². The molecule has 2 rings (SSSR count). The second-order valence-electron chi connectivity index (χ2n) is 5.43. The van der Waals surface area contributed by atoms with Crippen LogP contribution in [-0.2, 0) is 6.61 Å². The fourth-order valence-electron chi connectivity index (χ4n) is 2.25. The van der Waals surface area contributed by atoms with E-state index in [4.69, 9.17) is 16.6 Å². The minimum Gasteiger partial charge on any atom is -0.391 e. The summed E-state index contributed by atoms with van der Waals surface area (Å²) in [4.78, 5) is 7.75. The number of aliphatic hydroxyl groups excluding tert-OH is 1. The summed E-state index contributed by atoms with van der Waals surface area (Å²) in [6.45, 7) is 6.33. The third kappa shape index (κ3) is 3.39. The van der Waals surface area contributed by atoms with Crippen molar-refractivity contribution in [1.29, 1.82) is 0 Å². The summed E-state index contributed by atoms with van der Waals surface area (Å²) in [5.41, 5.74) is 2.06. The van der Waals surface area contributed by atoms with Gasteiger partial charge in [-0.3, -0.25) is 0 Å². The first-order chi connectivity index (χ1) is 9.95. The first-order valence-corrected chi connectivity index (χ1v) is 8.22. The van der Waals surface area contributed by atoms with Crippen LogP contribution in [0.4, 0.5) is 5.13 Å². The van der Waals surface area contributed by atoms with Crippen LogP contribution in [0.1, 0.15) is 48.9 Å². The van der Waals surface area contributed by atoms with Crippen molar-refractivity contribution in [3.63, 3.8) is 0 Å². The Hall–Kier alpha value is -1.10. The Morgan fingerprint density at radius 2 is 1.95 bits per heavy atom. The number of nitrogens with zero attached hydrogens (tertiary/aromatic N) is 2. The second-order valence-corrected chi connectivity index (χ2v) is 6.90. The van der Waals surface area contributed by atoms with Crippen LogP contribution < -0.4 is 4.90 Å². The van der Waals surface area contributed by atoms with Gasteiger partial charge in [-0.2, -0.15) is 0 Å². The standard InChI is InChI=1S/C16H21ClN2OS/c1-10(2)15-14(9-20)21-16(18-15)19(4)11(3)12-7-5-6-8-13(12)17/h5-8,10-11,20H,9H2,1-4H3. The summed E-state index contributed by atoms with van der Waals surface area (Å²) in [7, 11) is 2.01. The van der Waals surface area contributed by atoms with E-state index in [0.717, 1.165) is 26.3 Å². The highest BCUT2D eigenvalue weighted by Crippen LogP contribution is 2.35. The summed E-state index contributed by atoms with van der Waals surface area (Å²) in [6, 6.07) is 7.99. The third-order valence-corrected chi connectivity index (χ3v) is 5.14. The topological polar surface area (TPSA) is 36.4 Å². The molecule has 0 aliphatic rings. The van der Waals surface area contributed by atoms with Gasteiger partial charge in [0, 0.05) is 12.1 Å². The molecular weight excluding hydrogens is 304 g/mol. The molecule has 114 valence electrons. The summed E-state index contributed by atoms with van der Waals surface area (Å²) in [6.07, 6.45) is 0. The zero-order valence-electron chi connectivity index (χ0n) is 12.8. The average molecular weight is 325 g/mol. The van der Waals surface area contributed by atoms with E-state index in [2.05, 4.69) is 25.7 Å². The molecule has 1 atom stereocenters. The van der Waals surface area contributed by atoms with E-state index in [-0.39, 0.29) is 12.6 Å². The first-order valence-electron chi connectivity index (χ1n) is 7.03. The van der Waals surface area contributed by atoms with Crippen molar-refractivity contribution >= 4 is 28.1 Å². The molecule has 0 radical (unpaired) electrons. The lowest BCUT2D eigenvalue weighted by molar-refractivity contribution is 0.283. The zero-order valence-corrected chi connectivity index (χ0v) is 14.4. The molecule has 5 heteroatoms. The molecular formula is C16H21ClN2OS. The highest BCUT2D eigenvalue weighted by molar-refractivity contribution is 7.15. The largest absolute Gasteiger partial charge is 0.391 e. The third-order valence-electron chi connectivity index (χ3n) is 3.64. The van der Waals surface area contributed by atoms with Crippen molar-refractivity contribution in [2.24, 2.45) is 0 Å². The minimum atomic E-state index is 0.0412. The van der Waals surface area contributed by atoms with Crippen LogP contribution >= 0.6 is 22.9 Å². The minimum absolute atomic E-state index is 0.0412. The number of rotatable bonds is 5. The normalized spacial score (nSPS) is 12.7. The van der Waals surface area contributed by atoms with E-state index in [1.54, 1.807) is 11.3 Å². The van der Waals surface area contributed by atoms with E-state index >= 15 is 0 Å². The molecule has 2 aromatic rings. The lowest BCUT2D eigenvalue weighted by Gasteiger charge is -2.25. The fraction of sp³-hybridized carbons (Fsp3) is 0.438. The molecule has 0 fully saturated rings. The van der Waals surface area contributed by atoms with Crippen LogP contribution in [0.15, 0.2) is 24.3 Å². The molecule has 0 amide bonds. The summed E-state index contributed by atoms with van der Waals surface area (Å²) < 4.78 is 0. The van der Waals surface area contributed by atoms with Crippen molar-refractivity contribution in [3.05, 3.63) is 45.4 Å². The number of halogens is 1. The molecule has 0 bridgehead atoms. The molecule has 1 aromatic carbocycles. The molecule has 1 aromatic heterocycles. The maximum absolute atomic E-state index is 9.49. The summed E-state index contributed by atoms with van der Waals surface area (Å²) in [5, 5.41) is 11.2. The maximum atomic E-state index is 9.49. The summed E-state index contributed by atoms with van der Waals surface area (Å²) >= 11 is 7.83. The lowest BCUT2D eigenvalue weighted by Crippen LogP contribution is -2.21. The molecule has 1 unspecified atom stereocenters. The van der Waals surface area contributed by atoms with Crippen molar-refractivity contribution in [3.8, 4) is 0 Å². The van der Waals surface area contributed by atoms with Crippen molar-refractivity contribution in [1.82, 2.24) is 4.98 Å².